The van der Waals surface area contributed by atoms with Crippen LogP contribution in [0.15, 0.2) is 36.4 Å². The lowest BCUT2D eigenvalue weighted by Gasteiger charge is -2.16. The van der Waals surface area contributed by atoms with E-state index in [1.54, 1.807) is 0 Å². The van der Waals surface area contributed by atoms with Gasteiger partial charge in [-0.25, -0.2) is 0 Å². The van der Waals surface area contributed by atoms with Crippen molar-refractivity contribution in [1.29, 1.82) is 0 Å². The van der Waals surface area contributed by atoms with Gasteiger partial charge in [0.25, 0.3) is 5.24 Å². The highest BCUT2D eigenvalue weighted by molar-refractivity contribution is 8.15. The van der Waals surface area contributed by atoms with Crippen LogP contribution in [0.2, 0.25) is 5.02 Å². The van der Waals surface area contributed by atoms with Crippen molar-refractivity contribution in [3.8, 4) is 11.5 Å². The molecule has 1 N–H and O–H groups in total. The van der Waals surface area contributed by atoms with Gasteiger partial charge in [0, 0.05) is 12.5 Å². The summed E-state index contributed by atoms with van der Waals surface area (Å²) in [6.07, 6.45) is 1.72. The molecule has 1 heterocycles. The number of hydrogen-bond donors (Lipinski definition) is 1. The van der Waals surface area contributed by atoms with E-state index in [-0.39, 0.29) is 22.3 Å². The van der Waals surface area contributed by atoms with Gasteiger partial charge in [0.2, 0.25) is 5.91 Å². The molecule has 0 aromatic heterocycles. The molecular formula is C21H21ClN2O3S. The largest absolute Gasteiger partial charge is 0.456 e. The van der Waals surface area contributed by atoms with Crippen LogP contribution in [-0.4, -0.2) is 35.4 Å². The predicted molar refractivity (Wildman–Crippen MR) is 111 cm³/mol. The highest BCUT2D eigenvalue weighted by Gasteiger charge is 2.41. The number of rotatable bonds is 5. The quantitative estimate of drug-likeness (QED) is 0.773. The fourth-order valence-corrected chi connectivity index (χ4v) is 5.10. The van der Waals surface area contributed by atoms with Crippen LogP contribution in [-0.2, 0) is 17.8 Å². The first-order valence-electron chi connectivity index (χ1n) is 9.16. The van der Waals surface area contributed by atoms with E-state index in [9.17, 15) is 9.59 Å². The molecule has 0 spiro atoms. The second kappa shape index (κ2) is 7.78. The van der Waals surface area contributed by atoms with Crippen molar-refractivity contribution in [2.24, 2.45) is 0 Å². The summed E-state index contributed by atoms with van der Waals surface area (Å²) in [5.74, 6) is 1.23. The SMILES string of the molecule is CN(C)Cc1ccc(Oc2ccc3c(c2)CC[C@H]3C2SC(=O)NC2=O)c(Cl)c1. The molecule has 2 atom stereocenters. The second-order valence-corrected chi connectivity index (χ2v) is 8.95. The van der Waals surface area contributed by atoms with Gasteiger partial charge in [-0.3, -0.25) is 14.9 Å². The van der Waals surface area contributed by atoms with Crippen molar-refractivity contribution in [1.82, 2.24) is 10.2 Å². The highest BCUT2D eigenvalue weighted by atomic mass is 35.5. The third kappa shape index (κ3) is 3.90. The molecule has 7 heteroatoms. The summed E-state index contributed by atoms with van der Waals surface area (Å²) in [6, 6.07) is 11.7. The van der Waals surface area contributed by atoms with Crippen LogP contribution in [0, 0.1) is 0 Å². The Kier molecular flexibility index (Phi) is 5.36. The van der Waals surface area contributed by atoms with E-state index in [1.165, 1.54) is 0 Å². The van der Waals surface area contributed by atoms with E-state index in [0.717, 1.165) is 53.6 Å². The standard InChI is InChI=1S/C21H21ClN2O3S/c1-24(2)11-12-3-8-18(17(22)9-12)27-14-5-7-15-13(10-14)4-6-16(15)19-20(25)23-21(26)28-19/h3,5,7-10,16,19H,4,6,11H2,1-2H3,(H,23,25,26)/t16-,19?/m1/s1. The third-order valence-corrected chi connectivity index (χ3v) is 6.45. The Hall–Kier alpha value is -2.02. The normalized spacial score (nSPS) is 21.1. The summed E-state index contributed by atoms with van der Waals surface area (Å²) in [7, 11) is 4.03. The Morgan fingerprint density at radius 2 is 2.04 bits per heavy atom. The van der Waals surface area contributed by atoms with E-state index >= 15 is 0 Å². The number of carbonyl (C=O) groups excluding carboxylic acids is 2. The average Bonchev–Trinajstić information content (AvgIpc) is 3.18. The number of ether oxygens (including phenoxy) is 1. The lowest BCUT2D eigenvalue weighted by molar-refractivity contribution is -0.119. The molecule has 2 amide bonds. The fourth-order valence-electron chi connectivity index (χ4n) is 3.86. The summed E-state index contributed by atoms with van der Waals surface area (Å²) >= 11 is 7.49. The number of nitrogens with zero attached hydrogens (tertiary/aromatic N) is 1. The summed E-state index contributed by atoms with van der Waals surface area (Å²) in [5.41, 5.74) is 3.42. The first-order chi connectivity index (χ1) is 13.4. The Bertz CT molecular complexity index is 947. The van der Waals surface area contributed by atoms with Crippen molar-refractivity contribution in [3.05, 3.63) is 58.1 Å². The number of thioether (sulfide) groups is 1. The van der Waals surface area contributed by atoms with Crippen LogP contribution in [0.25, 0.3) is 0 Å². The van der Waals surface area contributed by atoms with E-state index in [4.69, 9.17) is 16.3 Å². The number of fused-ring (bicyclic) bond motifs is 1. The van der Waals surface area contributed by atoms with Gasteiger partial charge in [-0.2, -0.15) is 0 Å². The monoisotopic (exact) mass is 416 g/mol. The number of imide groups is 1. The van der Waals surface area contributed by atoms with Gasteiger partial charge >= 0.3 is 0 Å². The maximum atomic E-state index is 12.0. The number of hydrogen-bond acceptors (Lipinski definition) is 5. The van der Waals surface area contributed by atoms with E-state index in [0.29, 0.717) is 10.8 Å². The molecule has 1 unspecified atom stereocenters. The molecule has 1 aliphatic heterocycles. The maximum Gasteiger partial charge on any atom is 0.286 e. The Labute approximate surface area is 173 Å². The number of halogens is 1. The topological polar surface area (TPSA) is 58.6 Å². The zero-order chi connectivity index (χ0) is 19.8. The Morgan fingerprint density at radius 1 is 1.21 bits per heavy atom. The Morgan fingerprint density at radius 3 is 2.71 bits per heavy atom. The van der Waals surface area contributed by atoms with E-state index < -0.39 is 0 Å². The lowest BCUT2D eigenvalue weighted by atomic mass is 9.97. The maximum absolute atomic E-state index is 12.0. The van der Waals surface area contributed by atoms with Crippen LogP contribution in [0.3, 0.4) is 0 Å². The molecule has 0 saturated carbocycles. The van der Waals surface area contributed by atoms with E-state index in [2.05, 4.69) is 10.2 Å². The van der Waals surface area contributed by atoms with Gasteiger partial charge in [0.1, 0.15) is 16.7 Å². The summed E-state index contributed by atoms with van der Waals surface area (Å²) < 4.78 is 6.01. The van der Waals surface area contributed by atoms with Crippen LogP contribution in [0.1, 0.15) is 29.0 Å². The molecule has 2 aliphatic rings. The molecule has 2 aromatic rings. The van der Waals surface area contributed by atoms with Crippen molar-refractivity contribution in [2.75, 3.05) is 14.1 Å². The molecule has 1 saturated heterocycles. The number of benzene rings is 2. The molecule has 146 valence electrons. The van der Waals surface area contributed by atoms with Gasteiger partial charge in [0.15, 0.2) is 0 Å². The molecule has 2 aromatic carbocycles. The van der Waals surface area contributed by atoms with Crippen LogP contribution in [0.4, 0.5) is 4.79 Å². The average molecular weight is 417 g/mol. The summed E-state index contributed by atoms with van der Waals surface area (Å²) in [6.45, 7) is 0.815. The van der Waals surface area contributed by atoms with E-state index in [1.807, 2.05) is 50.5 Å². The lowest BCUT2D eigenvalue weighted by Crippen LogP contribution is -2.27. The number of amides is 2. The van der Waals surface area contributed by atoms with Crippen LogP contribution < -0.4 is 10.1 Å². The minimum absolute atomic E-state index is 0.0643. The minimum atomic E-state index is -0.334. The molecular weight excluding hydrogens is 396 g/mol. The predicted octanol–water partition coefficient (Wildman–Crippen LogP) is 4.58. The number of nitrogens with one attached hydrogen (secondary N) is 1. The second-order valence-electron chi connectivity index (χ2n) is 7.43. The highest BCUT2D eigenvalue weighted by Crippen LogP contribution is 2.43. The zero-order valence-electron chi connectivity index (χ0n) is 15.7. The van der Waals surface area contributed by atoms with Crippen molar-refractivity contribution in [2.45, 2.75) is 30.6 Å². The molecule has 4 rings (SSSR count). The first kappa shape index (κ1) is 19.3. The zero-order valence-corrected chi connectivity index (χ0v) is 17.3. The molecule has 28 heavy (non-hydrogen) atoms. The van der Waals surface area contributed by atoms with Crippen molar-refractivity contribution in [3.63, 3.8) is 0 Å². The molecule has 0 radical (unpaired) electrons. The molecule has 5 nitrogen and oxygen atoms in total. The fraction of sp³-hybridized carbons (Fsp3) is 0.333. The van der Waals surface area contributed by atoms with Crippen LogP contribution in [0.5, 0.6) is 11.5 Å². The number of carbonyl (C=O) groups is 2. The van der Waals surface area contributed by atoms with Gasteiger partial charge in [-0.1, -0.05) is 35.5 Å². The van der Waals surface area contributed by atoms with Gasteiger partial charge in [-0.15, -0.1) is 0 Å². The first-order valence-corrected chi connectivity index (χ1v) is 10.4. The molecule has 1 fully saturated rings. The molecule has 0 bridgehead atoms. The minimum Gasteiger partial charge on any atom is -0.456 e. The van der Waals surface area contributed by atoms with Crippen molar-refractivity contribution >= 4 is 34.5 Å². The summed E-state index contributed by atoms with van der Waals surface area (Å²) in [4.78, 5) is 25.6. The van der Waals surface area contributed by atoms with Gasteiger partial charge in [-0.05, 0) is 67.9 Å². The van der Waals surface area contributed by atoms with Crippen molar-refractivity contribution < 1.29 is 14.3 Å². The van der Waals surface area contributed by atoms with Crippen LogP contribution >= 0.6 is 23.4 Å². The number of aryl methyl sites for hydroxylation is 1. The van der Waals surface area contributed by atoms with Gasteiger partial charge in [0.05, 0.1) is 5.02 Å². The molecule has 1 aliphatic carbocycles. The summed E-state index contributed by atoms with van der Waals surface area (Å²) in [5, 5.41) is 2.37. The third-order valence-electron chi connectivity index (χ3n) is 5.04. The smallest absolute Gasteiger partial charge is 0.286 e. The Balaban J connectivity index is 1.51. The van der Waals surface area contributed by atoms with Gasteiger partial charge < -0.3 is 9.64 Å².